The lowest BCUT2D eigenvalue weighted by Crippen LogP contribution is -2.30. The van der Waals surface area contributed by atoms with E-state index in [0.717, 1.165) is 39.1 Å². The molecule has 0 aliphatic carbocycles. The molecule has 2 aromatic carbocycles. The number of pyridine rings is 1. The summed E-state index contributed by atoms with van der Waals surface area (Å²) in [5.74, 6) is 0.777. The van der Waals surface area contributed by atoms with Crippen molar-refractivity contribution in [2.24, 2.45) is 0 Å². The van der Waals surface area contributed by atoms with E-state index in [-0.39, 0.29) is 12.1 Å². The van der Waals surface area contributed by atoms with Gasteiger partial charge in [0.15, 0.2) is 5.11 Å². The van der Waals surface area contributed by atoms with E-state index in [0.29, 0.717) is 5.11 Å². The lowest BCUT2D eigenvalue weighted by molar-refractivity contribution is 0.414. The number of anilines is 1. The third-order valence-corrected chi connectivity index (χ3v) is 6.67. The number of hydrogen-bond acceptors (Lipinski definition) is 3. The van der Waals surface area contributed by atoms with Gasteiger partial charge in [-0.25, -0.2) is 0 Å². The minimum absolute atomic E-state index is 0.132. The quantitative estimate of drug-likeness (QED) is 0.358. The van der Waals surface area contributed by atoms with Crippen LogP contribution in [0.4, 0.5) is 5.69 Å². The molecule has 33 heavy (non-hydrogen) atoms. The predicted octanol–water partition coefficient (Wildman–Crippen LogP) is 6.02. The Morgan fingerprint density at radius 1 is 1.00 bits per heavy atom. The van der Waals surface area contributed by atoms with Crippen LogP contribution in [0.3, 0.4) is 0 Å². The van der Waals surface area contributed by atoms with E-state index in [2.05, 4.69) is 44.2 Å². The maximum atomic E-state index is 6.30. The number of halogens is 1. The number of thiocarbonyl (C=S) groups is 1. The van der Waals surface area contributed by atoms with Crippen molar-refractivity contribution in [2.75, 3.05) is 12.0 Å². The van der Waals surface area contributed by atoms with E-state index in [1.54, 1.807) is 7.11 Å². The fraction of sp³-hybridized carbons (Fsp3) is 0.154. The zero-order chi connectivity index (χ0) is 22.9. The Morgan fingerprint density at radius 2 is 1.88 bits per heavy atom. The summed E-state index contributed by atoms with van der Waals surface area (Å²) in [6.45, 7) is 2.01. The van der Waals surface area contributed by atoms with Gasteiger partial charge in [-0.15, -0.1) is 0 Å². The third-order valence-electron chi connectivity index (χ3n) is 5.93. The minimum Gasteiger partial charge on any atom is -0.497 e. The predicted molar refractivity (Wildman–Crippen MR) is 136 cm³/mol. The van der Waals surface area contributed by atoms with Crippen LogP contribution < -0.4 is 15.0 Å². The highest BCUT2D eigenvalue weighted by Crippen LogP contribution is 2.43. The number of benzene rings is 2. The molecule has 5 nitrogen and oxygen atoms in total. The number of aromatic nitrogens is 2. The molecule has 0 saturated carbocycles. The standard InChI is InChI=1S/C26H23ClN4OS/c1-17-15-18(11-12-21(17)27)30-14-6-10-23(30)25-24(22-9-3-4-13-28-22)29-26(33)31(25)19-7-5-8-20(16-19)32-2/h3-16,24-25H,1-2H3,(H,29,33)/t24-,25+/m1/s1. The van der Waals surface area contributed by atoms with Crippen molar-refractivity contribution in [3.63, 3.8) is 0 Å². The Kier molecular flexibility index (Phi) is 5.79. The van der Waals surface area contributed by atoms with Crippen molar-refractivity contribution >= 4 is 34.6 Å². The van der Waals surface area contributed by atoms with Gasteiger partial charge in [-0.05, 0) is 79.3 Å². The SMILES string of the molecule is COc1cccc(N2C(=S)N[C@H](c3ccccn3)[C@@H]2c2cccn2-c2ccc(Cl)c(C)c2)c1. The van der Waals surface area contributed by atoms with Gasteiger partial charge >= 0.3 is 0 Å². The molecule has 1 aliphatic rings. The van der Waals surface area contributed by atoms with E-state index in [4.69, 9.17) is 28.6 Å². The van der Waals surface area contributed by atoms with Gasteiger partial charge in [0.1, 0.15) is 11.8 Å². The van der Waals surface area contributed by atoms with E-state index >= 15 is 0 Å². The molecule has 1 N–H and O–H groups in total. The van der Waals surface area contributed by atoms with Gasteiger partial charge in [0.25, 0.3) is 0 Å². The molecule has 166 valence electrons. The largest absolute Gasteiger partial charge is 0.497 e. The highest BCUT2D eigenvalue weighted by Gasteiger charge is 2.42. The third kappa shape index (κ3) is 3.96. The minimum atomic E-state index is -0.134. The van der Waals surface area contributed by atoms with Gasteiger partial charge in [-0.2, -0.15) is 0 Å². The second-order valence-electron chi connectivity index (χ2n) is 7.93. The van der Waals surface area contributed by atoms with Crippen molar-refractivity contribution in [1.29, 1.82) is 0 Å². The molecular weight excluding hydrogens is 452 g/mol. The molecule has 4 aromatic rings. The van der Waals surface area contributed by atoms with Gasteiger partial charge < -0.3 is 19.5 Å². The molecule has 0 unspecified atom stereocenters. The summed E-state index contributed by atoms with van der Waals surface area (Å²) in [5.41, 5.74) is 5.04. The molecule has 0 bridgehead atoms. The Labute approximate surface area is 203 Å². The summed E-state index contributed by atoms with van der Waals surface area (Å²) >= 11 is 12.1. The molecule has 1 fully saturated rings. The Morgan fingerprint density at radius 3 is 2.64 bits per heavy atom. The summed E-state index contributed by atoms with van der Waals surface area (Å²) in [7, 11) is 1.67. The molecule has 7 heteroatoms. The van der Waals surface area contributed by atoms with Gasteiger partial charge in [0.05, 0.1) is 18.8 Å². The number of hydrogen-bond donors (Lipinski definition) is 1. The van der Waals surface area contributed by atoms with E-state index in [1.165, 1.54) is 0 Å². The topological polar surface area (TPSA) is 42.3 Å². The average molecular weight is 475 g/mol. The van der Waals surface area contributed by atoms with Gasteiger partial charge in [-0.3, -0.25) is 4.98 Å². The fourth-order valence-electron chi connectivity index (χ4n) is 4.34. The van der Waals surface area contributed by atoms with Crippen LogP contribution in [0, 0.1) is 6.92 Å². The van der Waals surface area contributed by atoms with Crippen LogP contribution >= 0.6 is 23.8 Å². The average Bonchev–Trinajstić information content (AvgIpc) is 3.45. The summed E-state index contributed by atoms with van der Waals surface area (Å²) in [5, 5.41) is 4.91. The summed E-state index contributed by atoms with van der Waals surface area (Å²) < 4.78 is 7.67. The molecule has 1 saturated heterocycles. The normalized spacial score (nSPS) is 17.8. The smallest absolute Gasteiger partial charge is 0.174 e. The van der Waals surface area contributed by atoms with Gasteiger partial charge in [0, 0.05) is 40.6 Å². The monoisotopic (exact) mass is 474 g/mol. The Bertz CT molecular complexity index is 1310. The zero-order valence-electron chi connectivity index (χ0n) is 18.3. The molecule has 0 radical (unpaired) electrons. The van der Waals surface area contributed by atoms with Crippen LogP contribution in [0.2, 0.25) is 5.02 Å². The van der Waals surface area contributed by atoms with Crippen molar-refractivity contribution in [3.05, 3.63) is 107 Å². The molecule has 0 amide bonds. The number of nitrogens with zero attached hydrogens (tertiary/aromatic N) is 3. The highest BCUT2D eigenvalue weighted by atomic mass is 35.5. The number of aryl methyl sites for hydroxylation is 1. The molecule has 2 aromatic heterocycles. The molecule has 0 spiro atoms. The Hall–Kier alpha value is -3.35. The van der Waals surface area contributed by atoms with E-state index < -0.39 is 0 Å². The van der Waals surface area contributed by atoms with Crippen molar-refractivity contribution in [3.8, 4) is 11.4 Å². The molecule has 3 heterocycles. The van der Waals surface area contributed by atoms with Crippen LogP contribution in [0.25, 0.3) is 5.69 Å². The molecule has 1 aliphatic heterocycles. The van der Waals surface area contributed by atoms with Crippen molar-refractivity contribution < 1.29 is 4.74 Å². The Balaban J connectivity index is 1.67. The summed E-state index contributed by atoms with van der Waals surface area (Å²) in [4.78, 5) is 6.79. The maximum Gasteiger partial charge on any atom is 0.174 e. The fourth-order valence-corrected chi connectivity index (χ4v) is 4.81. The highest BCUT2D eigenvalue weighted by molar-refractivity contribution is 7.80. The van der Waals surface area contributed by atoms with Gasteiger partial charge in [-0.1, -0.05) is 23.7 Å². The lowest BCUT2D eigenvalue weighted by Gasteiger charge is -2.29. The molecule has 5 rings (SSSR count). The number of rotatable bonds is 5. The van der Waals surface area contributed by atoms with Crippen LogP contribution in [-0.2, 0) is 0 Å². The van der Waals surface area contributed by atoms with Crippen molar-refractivity contribution in [2.45, 2.75) is 19.0 Å². The first kappa shape index (κ1) is 21.5. The van der Waals surface area contributed by atoms with Crippen LogP contribution in [-0.4, -0.2) is 21.8 Å². The first-order valence-electron chi connectivity index (χ1n) is 10.7. The second-order valence-corrected chi connectivity index (χ2v) is 8.73. The van der Waals surface area contributed by atoms with Crippen molar-refractivity contribution in [1.82, 2.24) is 14.9 Å². The van der Waals surface area contributed by atoms with Crippen LogP contribution in [0.15, 0.2) is 85.2 Å². The van der Waals surface area contributed by atoms with Crippen LogP contribution in [0.5, 0.6) is 5.75 Å². The van der Waals surface area contributed by atoms with Gasteiger partial charge in [0.2, 0.25) is 0 Å². The number of methoxy groups -OCH3 is 1. The molecular formula is C26H23ClN4OS. The lowest BCUT2D eigenvalue weighted by atomic mass is 10.0. The van der Waals surface area contributed by atoms with E-state index in [9.17, 15) is 0 Å². The molecule has 2 atom stereocenters. The first-order valence-corrected chi connectivity index (χ1v) is 11.4. The number of nitrogens with one attached hydrogen (secondary N) is 1. The first-order chi connectivity index (χ1) is 16.1. The maximum absolute atomic E-state index is 6.30. The number of ether oxygens (including phenoxy) is 1. The zero-order valence-corrected chi connectivity index (χ0v) is 19.8. The summed E-state index contributed by atoms with van der Waals surface area (Å²) in [6, 6.07) is 23.9. The summed E-state index contributed by atoms with van der Waals surface area (Å²) in [6.07, 6.45) is 3.88. The van der Waals surface area contributed by atoms with E-state index in [1.807, 2.05) is 67.7 Å². The van der Waals surface area contributed by atoms with Crippen LogP contribution in [0.1, 0.15) is 29.0 Å². The second kappa shape index (κ2) is 8.89.